The van der Waals surface area contributed by atoms with E-state index >= 15 is 0 Å². The lowest BCUT2D eigenvalue weighted by atomic mass is 9.84. The van der Waals surface area contributed by atoms with Crippen LogP contribution in [0, 0.1) is 11.8 Å². The van der Waals surface area contributed by atoms with Gasteiger partial charge in [-0.1, -0.05) is 32.4 Å². The molecule has 0 spiro atoms. The Kier molecular flexibility index (Phi) is 4.40. The zero-order valence-electron chi connectivity index (χ0n) is 10.2. The molecule has 1 aliphatic carbocycles. The molecule has 0 saturated carbocycles. The molecular formula is C13H22O2. The molecule has 0 unspecified atom stereocenters. The number of methoxy groups -OCH3 is 1. The Morgan fingerprint density at radius 2 is 1.93 bits per heavy atom. The topological polar surface area (TPSA) is 29.5 Å². The Hall–Kier alpha value is -0.760. The van der Waals surface area contributed by atoms with Gasteiger partial charge in [0.15, 0.2) is 0 Å². The maximum atomic E-state index is 10.0. The monoisotopic (exact) mass is 210 g/mol. The lowest BCUT2D eigenvalue weighted by Crippen LogP contribution is -2.26. The zero-order valence-corrected chi connectivity index (χ0v) is 10.2. The molecule has 0 aromatic rings. The van der Waals surface area contributed by atoms with Crippen molar-refractivity contribution in [3.8, 4) is 0 Å². The van der Waals surface area contributed by atoms with E-state index < -0.39 is 0 Å². The van der Waals surface area contributed by atoms with Gasteiger partial charge in [-0.05, 0) is 18.4 Å². The Bertz CT molecular complexity index is 264. The highest BCUT2D eigenvalue weighted by Gasteiger charge is 2.23. The molecule has 0 aliphatic heterocycles. The van der Waals surface area contributed by atoms with Gasteiger partial charge in [0.2, 0.25) is 0 Å². The summed E-state index contributed by atoms with van der Waals surface area (Å²) < 4.78 is 5.25. The quantitative estimate of drug-likeness (QED) is 0.723. The van der Waals surface area contributed by atoms with Crippen LogP contribution in [-0.4, -0.2) is 18.3 Å². The molecule has 86 valence electrons. The molecule has 0 aromatic heterocycles. The van der Waals surface area contributed by atoms with Crippen LogP contribution in [0.25, 0.3) is 0 Å². The van der Waals surface area contributed by atoms with Crippen LogP contribution in [0.5, 0.6) is 0 Å². The third-order valence-electron chi connectivity index (χ3n) is 3.15. The molecule has 2 atom stereocenters. The highest BCUT2D eigenvalue weighted by atomic mass is 16.5. The predicted octanol–water partition coefficient (Wildman–Crippen LogP) is 2.89. The second kappa shape index (κ2) is 5.36. The Balaban J connectivity index is 2.61. The van der Waals surface area contributed by atoms with E-state index in [4.69, 9.17) is 4.74 Å². The summed E-state index contributed by atoms with van der Waals surface area (Å²) in [5, 5.41) is 10.0. The summed E-state index contributed by atoms with van der Waals surface area (Å²) in [6.45, 7) is 6.20. The number of aliphatic hydroxyl groups excluding tert-OH is 1. The SMILES string of the molecule is COC1=CCC=C([C@H](C)[C@H](O)C(C)C)C1. The van der Waals surface area contributed by atoms with Crippen molar-refractivity contribution in [2.45, 2.75) is 39.7 Å². The van der Waals surface area contributed by atoms with E-state index in [1.54, 1.807) is 7.11 Å². The van der Waals surface area contributed by atoms with Gasteiger partial charge in [0.05, 0.1) is 19.0 Å². The van der Waals surface area contributed by atoms with Crippen molar-refractivity contribution in [2.75, 3.05) is 7.11 Å². The van der Waals surface area contributed by atoms with Gasteiger partial charge in [-0.15, -0.1) is 0 Å². The van der Waals surface area contributed by atoms with Crippen LogP contribution < -0.4 is 0 Å². The van der Waals surface area contributed by atoms with Gasteiger partial charge in [0, 0.05) is 12.3 Å². The highest BCUT2D eigenvalue weighted by Crippen LogP contribution is 2.29. The van der Waals surface area contributed by atoms with E-state index in [1.807, 2.05) is 0 Å². The Morgan fingerprint density at radius 3 is 2.47 bits per heavy atom. The summed E-state index contributed by atoms with van der Waals surface area (Å²) in [7, 11) is 1.71. The number of ether oxygens (including phenoxy) is 1. The molecule has 1 N–H and O–H groups in total. The maximum Gasteiger partial charge on any atom is 0.0959 e. The lowest BCUT2D eigenvalue weighted by molar-refractivity contribution is 0.0846. The zero-order chi connectivity index (χ0) is 11.4. The minimum atomic E-state index is -0.257. The molecule has 0 amide bonds. The molecule has 15 heavy (non-hydrogen) atoms. The predicted molar refractivity (Wildman–Crippen MR) is 62.4 cm³/mol. The lowest BCUT2D eigenvalue weighted by Gasteiger charge is -2.26. The van der Waals surface area contributed by atoms with Crippen LogP contribution >= 0.6 is 0 Å². The first-order valence-corrected chi connectivity index (χ1v) is 5.66. The van der Waals surface area contributed by atoms with Crippen LogP contribution in [0.4, 0.5) is 0 Å². The summed E-state index contributed by atoms with van der Waals surface area (Å²) in [5.41, 5.74) is 1.30. The van der Waals surface area contributed by atoms with E-state index in [2.05, 4.69) is 32.9 Å². The van der Waals surface area contributed by atoms with Crippen LogP contribution in [0.1, 0.15) is 33.6 Å². The van der Waals surface area contributed by atoms with Gasteiger partial charge in [-0.3, -0.25) is 0 Å². The average Bonchev–Trinajstić information content (AvgIpc) is 2.27. The van der Waals surface area contributed by atoms with Gasteiger partial charge in [-0.2, -0.15) is 0 Å². The van der Waals surface area contributed by atoms with Crippen LogP contribution in [-0.2, 0) is 4.74 Å². The summed E-state index contributed by atoms with van der Waals surface area (Å²) in [4.78, 5) is 0. The minimum absolute atomic E-state index is 0.226. The summed E-state index contributed by atoms with van der Waals surface area (Å²) in [6, 6.07) is 0. The maximum absolute atomic E-state index is 10.0. The third kappa shape index (κ3) is 3.10. The van der Waals surface area contributed by atoms with Crippen molar-refractivity contribution in [2.24, 2.45) is 11.8 Å². The molecule has 1 aliphatic rings. The Morgan fingerprint density at radius 1 is 1.27 bits per heavy atom. The van der Waals surface area contributed by atoms with Gasteiger partial charge in [-0.25, -0.2) is 0 Å². The molecule has 0 fully saturated rings. The molecule has 2 nitrogen and oxygen atoms in total. The van der Waals surface area contributed by atoms with Gasteiger partial charge in [0.1, 0.15) is 0 Å². The first kappa shape index (κ1) is 12.3. The van der Waals surface area contributed by atoms with Crippen molar-refractivity contribution < 1.29 is 9.84 Å². The average molecular weight is 210 g/mol. The molecule has 0 aromatic carbocycles. The molecule has 0 saturated heterocycles. The Labute approximate surface area is 92.6 Å². The highest BCUT2D eigenvalue weighted by molar-refractivity contribution is 5.21. The smallest absolute Gasteiger partial charge is 0.0959 e. The van der Waals surface area contributed by atoms with E-state index in [1.165, 1.54) is 5.57 Å². The molecule has 1 rings (SSSR count). The largest absolute Gasteiger partial charge is 0.501 e. The summed E-state index contributed by atoms with van der Waals surface area (Å²) >= 11 is 0. The second-order valence-corrected chi connectivity index (χ2v) is 4.59. The van der Waals surface area contributed by atoms with Crippen molar-refractivity contribution >= 4 is 0 Å². The van der Waals surface area contributed by atoms with Crippen LogP contribution in [0.3, 0.4) is 0 Å². The standard InChI is InChI=1S/C13H22O2/c1-9(2)13(14)10(3)11-6-5-7-12(8-11)15-4/h6-7,9-10,13-14H,5,8H2,1-4H3/t10-,13+/m0/s1. The van der Waals surface area contributed by atoms with Crippen molar-refractivity contribution in [1.29, 1.82) is 0 Å². The van der Waals surface area contributed by atoms with E-state index in [0.717, 1.165) is 18.6 Å². The number of hydrogen-bond donors (Lipinski definition) is 1. The first-order valence-electron chi connectivity index (χ1n) is 5.66. The second-order valence-electron chi connectivity index (χ2n) is 4.59. The van der Waals surface area contributed by atoms with Crippen LogP contribution in [0.2, 0.25) is 0 Å². The third-order valence-corrected chi connectivity index (χ3v) is 3.15. The summed E-state index contributed by atoms with van der Waals surface area (Å²) in [5.74, 6) is 1.55. The normalized spacial score (nSPS) is 20.7. The fourth-order valence-electron chi connectivity index (χ4n) is 1.99. The fourth-order valence-corrected chi connectivity index (χ4v) is 1.99. The van der Waals surface area contributed by atoms with E-state index in [-0.39, 0.29) is 12.0 Å². The number of rotatable bonds is 4. The number of hydrogen-bond acceptors (Lipinski definition) is 2. The molecule has 0 bridgehead atoms. The molecular weight excluding hydrogens is 188 g/mol. The van der Waals surface area contributed by atoms with Gasteiger partial charge >= 0.3 is 0 Å². The van der Waals surface area contributed by atoms with Gasteiger partial charge in [0.25, 0.3) is 0 Å². The number of allylic oxidation sites excluding steroid dienone is 3. The van der Waals surface area contributed by atoms with Crippen molar-refractivity contribution in [3.05, 3.63) is 23.5 Å². The van der Waals surface area contributed by atoms with Crippen LogP contribution in [0.15, 0.2) is 23.5 Å². The molecule has 0 radical (unpaired) electrons. The summed E-state index contributed by atoms with van der Waals surface area (Å²) in [6.07, 6.45) is 5.82. The fraction of sp³-hybridized carbons (Fsp3) is 0.692. The van der Waals surface area contributed by atoms with E-state index in [0.29, 0.717) is 5.92 Å². The first-order chi connectivity index (χ1) is 7.06. The van der Waals surface area contributed by atoms with Gasteiger partial charge < -0.3 is 9.84 Å². The molecule has 2 heteroatoms. The number of aliphatic hydroxyl groups is 1. The van der Waals surface area contributed by atoms with Crippen molar-refractivity contribution in [1.82, 2.24) is 0 Å². The molecule has 0 heterocycles. The minimum Gasteiger partial charge on any atom is -0.501 e. The van der Waals surface area contributed by atoms with E-state index in [9.17, 15) is 5.11 Å². The van der Waals surface area contributed by atoms with Crippen molar-refractivity contribution in [3.63, 3.8) is 0 Å².